The first-order valence-electron chi connectivity index (χ1n) is 6.24. The molecule has 0 saturated carbocycles. The zero-order chi connectivity index (χ0) is 12.6. The SMILES string of the molecule is C.CC.CC.Cc1ccc(C)c2ccccc12. The minimum Gasteiger partial charge on any atom is -0.0776 e. The molecule has 0 radical (unpaired) electrons. The number of aryl methyl sites for hydroxylation is 2. The van der Waals surface area contributed by atoms with Crippen LogP contribution >= 0.6 is 0 Å². The van der Waals surface area contributed by atoms with Crippen molar-refractivity contribution in [3.63, 3.8) is 0 Å². The van der Waals surface area contributed by atoms with E-state index in [0.29, 0.717) is 0 Å². The van der Waals surface area contributed by atoms with Crippen LogP contribution < -0.4 is 0 Å². The first-order chi connectivity index (χ1) is 7.79. The molecule has 0 bridgehead atoms. The fourth-order valence-corrected chi connectivity index (χ4v) is 1.60. The third-order valence-corrected chi connectivity index (χ3v) is 2.36. The molecule has 0 atom stereocenters. The fraction of sp³-hybridized carbons (Fsp3) is 0.412. The predicted molar refractivity (Wildman–Crippen MR) is 82.8 cm³/mol. The summed E-state index contributed by atoms with van der Waals surface area (Å²) in [5.41, 5.74) is 2.72. The molecule has 0 unspecified atom stereocenters. The van der Waals surface area contributed by atoms with Crippen molar-refractivity contribution in [1.29, 1.82) is 0 Å². The van der Waals surface area contributed by atoms with E-state index in [1.54, 1.807) is 0 Å². The molecule has 0 aliphatic carbocycles. The molecule has 17 heavy (non-hydrogen) atoms. The smallest absolute Gasteiger partial charge is 0.0152 e. The van der Waals surface area contributed by atoms with Gasteiger partial charge in [-0.15, -0.1) is 0 Å². The van der Waals surface area contributed by atoms with Gasteiger partial charge in [0.15, 0.2) is 0 Å². The van der Waals surface area contributed by atoms with E-state index in [1.807, 2.05) is 27.7 Å². The maximum atomic E-state index is 2.18. The van der Waals surface area contributed by atoms with Gasteiger partial charge in [0.1, 0.15) is 0 Å². The zero-order valence-electron chi connectivity index (χ0n) is 11.5. The molecule has 96 valence electrons. The molecule has 0 amide bonds. The summed E-state index contributed by atoms with van der Waals surface area (Å²) in [6.07, 6.45) is 0. The first kappa shape index (κ1) is 18.1. The van der Waals surface area contributed by atoms with Gasteiger partial charge in [-0.3, -0.25) is 0 Å². The fourth-order valence-electron chi connectivity index (χ4n) is 1.60. The van der Waals surface area contributed by atoms with E-state index in [-0.39, 0.29) is 7.43 Å². The highest BCUT2D eigenvalue weighted by Gasteiger charge is 1.97. The topological polar surface area (TPSA) is 0 Å². The van der Waals surface area contributed by atoms with Crippen molar-refractivity contribution in [3.05, 3.63) is 47.5 Å². The summed E-state index contributed by atoms with van der Waals surface area (Å²) >= 11 is 0. The van der Waals surface area contributed by atoms with Crippen LogP contribution in [-0.2, 0) is 0 Å². The number of fused-ring (bicyclic) bond motifs is 1. The molecule has 0 saturated heterocycles. The van der Waals surface area contributed by atoms with Crippen LogP contribution in [0.4, 0.5) is 0 Å². The lowest BCUT2D eigenvalue weighted by molar-refractivity contribution is 1.46. The van der Waals surface area contributed by atoms with Gasteiger partial charge in [-0.05, 0) is 35.7 Å². The number of hydrogen-bond acceptors (Lipinski definition) is 0. The van der Waals surface area contributed by atoms with Crippen molar-refractivity contribution < 1.29 is 0 Å². The molecule has 0 heteroatoms. The molecule has 0 aliphatic rings. The molecule has 2 rings (SSSR count). The van der Waals surface area contributed by atoms with Crippen LogP contribution in [0, 0.1) is 13.8 Å². The zero-order valence-corrected chi connectivity index (χ0v) is 11.5. The molecule has 0 N–H and O–H groups in total. The molecule has 0 aromatic heterocycles. The standard InChI is InChI=1S/C12H12.2C2H6.CH4/c1-9-7-8-10(2)12-6-4-3-5-11(9)12;2*1-2;/h3-8H,1-2H3;2*1-2H3;1H4. The van der Waals surface area contributed by atoms with Gasteiger partial charge >= 0.3 is 0 Å². The Labute approximate surface area is 108 Å². The van der Waals surface area contributed by atoms with Gasteiger partial charge in [-0.2, -0.15) is 0 Å². The van der Waals surface area contributed by atoms with Crippen LogP contribution in [-0.4, -0.2) is 0 Å². The van der Waals surface area contributed by atoms with Crippen molar-refractivity contribution in [2.24, 2.45) is 0 Å². The summed E-state index contributed by atoms with van der Waals surface area (Å²) in [5.74, 6) is 0. The van der Waals surface area contributed by atoms with Crippen LogP contribution in [0.1, 0.15) is 46.2 Å². The summed E-state index contributed by atoms with van der Waals surface area (Å²) in [6.45, 7) is 12.3. The number of benzene rings is 2. The molecule has 0 fully saturated rings. The molecule has 2 aromatic carbocycles. The lowest BCUT2D eigenvalue weighted by Gasteiger charge is -2.03. The van der Waals surface area contributed by atoms with Gasteiger partial charge in [-0.1, -0.05) is 71.5 Å². The van der Waals surface area contributed by atoms with Crippen molar-refractivity contribution >= 4 is 10.8 Å². The van der Waals surface area contributed by atoms with E-state index >= 15 is 0 Å². The maximum absolute atomic E-state index is 2.18. The van der Waals surface area contributed by atoms with Crippen molar-refractivity contribution in [3.8, 4) is 0 Å². The number of hydrogen-bond donors (Lipinski definition) is 0. The molecule has 0 heterocycles. The van der Waals surface area contributed by atoms with Crippen molar-refractivity contribution in [2.75, 3.05) is 0 Å². The van der Waals surface area contributed by atoms with Gasteiger partial charge in [0.2, 0.25) is 0 Å². The lowest BCUT2D eigenvalue weighted by atomic mass is 10.0. The van der Waals surface area contributed by atoms with Crippen LogP contribution in [0.5, 0.6) is 0 Å². The third-order valence-electron chi connectivity index (χ3n) is 2.36. The van der Waals surface area contributed by atoms with E-state index in [1.165, 1.54) is 21.9 Å². The van der Waals surface area contributed by atoms with Crippen molar-refractivity contribution in [1.82, 2.24) is 0 Å². The Morgan fingerprint density at radius 2 is 0.882 bits per heavy atom. The summed E-state index contributed by atoms with van der Waals surface area (Å²) in [4.78, 5) is 0. The second kappa shape index (κ2) is 9.89. The second-order valence-corrected chi connectivity index (χ2v) is 3.24. The second-order valence-electron chi connectivity index (χ2n) is 3.24. The Kier molecular flexibility index (Phi) is 10.5. The van der Waals surface area contributed by atoms with Gasteiger partial charge in [0, 0.05) is 0 Å². The van der Waals surface area contributed by atoms with Crippen LogP contribution in [0.25, 0.3) is 10.8 Å². The molecule has 0 spiro atoms. The third kappa shape index (κ3) is 4.60. The molecule has 2 aromatic rings. The van der Waals surface area contributed by atoms with E-state index in [9.17, 15) is 0 Å². The Bertz CT molecular complexity index is 373. The summed E-state index contributed by atoms with van der Waals surface area (Å²) in [6, 6.07) is 12.9. The Balaban J connectivity index is 0. The van der Waals surface area contributed by atoms with Gasteiger partial charge in [0.25, 0.3) is 0 Å². The van der Waals surface area contributed by atoms with Gasteiger partial charge in [0.05, 0.1) is 0 Å². The summed E-state index contributed by atoms with van der Waals surface area (Å²) < 4.78 is 0. The van der Waals surface area contributed by atoms with Crippen LogP contribution in [0.3, 0.4) is 0 Å². The highest BCUT2D eigenvalue weighted by Crippen LogP contribution is 2.20. The lowest BCUT2D eigenvalue weighted by Crippen LogP contribution is -1.80. The van der Waals surface area contributed by atoms with E-state index in [2.05, 4.69) is 50.2 Å². The average Bonchev–Trinajstić information content (AvgIpc) is 2.39. The minimum absolute atomic E-state index is 0. The van der Waals surface area contributed by atoms with E-state index in [0.717, 1.165) is 0 Å². The molecular weight excluding hydrogens is 204 g/mol. The molecule has 0 aliphatic heterocycles. The minimum atomic E-state index is 0. The van der Waals surface area contributed by atoms with Crippen molar-refractivity contribution in [2.45, 2.75) is 49.0 Å². The summed E-state index contributed by atoms with van der Waals surface area (Å²) in [5, 5.41) is 2.75. The largest absolute Gasteiger partial charge is 0.0776 e. The highest BCUT2D eigenvalue weighted by molar-refractivity contribution is 5.88. The van der Waals surface area contributed by atoms with Gasteiger partial charge < -0.3 is 0 Å². The first-order valence-corrected chi connectivity index (χ1v) is 6.24. The Hall–Kier alpha value is -1.30. The average molecular weight is 232 g/mol. The molecule has 0 nitrogen and oxygen atoms in total. The number of rotatable bonds is 0. The quantitative estimate of drug-likeness (QED) is 0.511. The predicted octanol–water partition coefficient (Wildman–Crippen LogP) is 6.15. The van der Waals surface area contributed by atoms with E-state index in [4.69, 9.17) is 0 Å². The van der Waals surface area contributed by atoms with E-state index < -0.39 is 0 Å². The van der Waals surface area contributed by atoms with Crippen LogP contribution in [0.15, 0.2) is 36.4 Å². The van der Waals surface area contributed by atoms with Gasteiger partial charge in [-0.25, -0.2) is 0 Å². The normalized spacial score (nSPS) is 8.12. The maximum Gasteiger partial charge on any atom is -0.0152 e. The summed E-state index contributed by atoms with van der Waals surface area (Å²) in [7, 11) is 0. The molecular formula is C17H28. The highest BCUT2D eigenvalue weighted by atomic mass is 14.0. The Morgan fingerprint density at radius 1 is 0.588 bits per heavy atom. The monoisotopic (exact) mass is 232 g/mol. The van der Waals surface area contributed by atoms with Crippen LogP contribution in [0.2, 0.25) is 0 Å². The Morgan fingerprint density at radius 3 is 1.18 bits per heavy atom.